The Morgan fingerprint density at radius 3 is 2.56 bits per heavy atom. The van der Waals surface area contributed by atoms with Crippen molar-refractivity contribution in [2.75, 3.05) is 27.4 Å². The van der Waals surface area contributed by atoms with Crippen molar-refractivity contribution in [3.05, 3.63) is 42.2 Å². The molecule has 1 fully saturated rings. The summed E-state index contributed by atoms with van der Waals surface area (Å²) in [4.78, 5) is 14.9. The minimum atomic E-state index is -0.0174. The van der Waals surface area contributed by atoms with Gasteiger partial charge in [0.05, 0.1) is 19.4 Å². The van der Waals surface area contributed by atoms with E-state index >= 15 is 0 Å². The third-order valence-corrected chi connectivity index (χ3v) is 4.71. The predicted octanol–water partition coefficient (Wildman–Crippen LogP) is 2.91. The molecule has 0 aliphatic heterocycles. The van der Waals surface area contributed by atoms with Crippen LogP contribution in [0.4, 0.5) is 0 Å². The van der Waals surface area contributed by atoms with E-state index in [0.29, 0.717) is 24.9 Å². The smallest absolute Gasteiger partial charge is 0.274 e. The molecule has 0 saturated heterocycles. The van der Waals surface area contributed by atoms with E-state index in [-0.39, 0.29) is 5.91 Å². The molecule has 1 aromatic carbocycles. The summed E-state index contributed by atoms with van der Waals surface area (Å²) in [5.74, 6) is 0.774. The molecule has 1 amide bonds. The number of benzene rings is 1. The Morgan fingerprint density at radius 2 is 1.92 bits per heavy atom. The second-order valence-electron chi connectivity index (χ2n) is 6.27. The van der Waals surface area contributed by atoms with Crippen LogP contribution in [0.1, 0.15) is 36.2 Å². The lowest BCUT2D eigenvalue weighted by Gasteiger charge is -2.28. The molecule has 1 aromatic heterocycles. The molecule has 1 saturated carbocycles. The van der Waals surface area contributed by atoms with Gasteiger partial charge in [-0.25, -0.2) is 4.68 Å². The molecule has 25 heavy (non-hydrogen) atoms. The van der Waals surface area contributed by atoms with Gasteiger partial charge < -0.3 is 14.4 Å². The number of ether oxygens (including phenoxy) is 2. The van der Waals surface area contributed by atoms with Gasteiger partial charge in [-0.2, -0.15) is 5.10 Å². The Labute approximate surface area is 148 Å². The van der Waals surface area contributed by atoms with Gasteiger partial charge in [-0.3, -0.25) is 4.79 Å². The summed E-state index contributed by atoms with van der Waals surface area (Å²) in [6.07, 6.45) is 6.31. The van der Waals surface area contributed by atoms with Crippen molar-refractivity contribution < 1.29 is 14.3 Å². The van der Waals surface area contributed by atoms with Crippen molar-refractivity contribution in [2.45, 2.75) is 31.7 Å². The second-order valence-corrected chi connectivity index (χ2v) is 6.27. The lowest BCUT2D eigenvalue weighted by Crippen LogP contribution is -2.41. The van der Waals surface area contributed by atoms with E-state index < -0.39 is 0 Å². The fourth-order valence-corrected chi connectivity index (χ4v) is 3.32. The van der Waals surface area contributed by atoms with Gasteiger partial charge in [-0.1, -0.05) is 12.8 Å². The molecule has 134 valence electrons. The first-order chi connectivity index (χ1) is 12.2. The molecule has 0 N–H and O–H groups in total. The van der Waals surface area contributed by atoms with E-state index in [1.54, 1.807) is 25.0 Å². The van der Waals surface area contributed by atoms with Crippen LogP contribution in [-0.2, 0) is 4.74 Å². The highest BCUT2D eigenvalue weighted by atomic mass is 16.5. The lowest BCUT2D eigenvalue weighted by atomic mass is 10.2. The molecule has 3 rings (SSSR count). The molecule has 0 spiro atoms. The lowest BCUT2D eigenvalue weighted by molar-refractivity contribution is 0.0599. The summed E-state index contributed by atoms with van der Waals surface area (Å²) < 4.78 is 12.1. The zero-order valence-electron chi connectivity index (χ0n) is 14.9. The first-order valence-electron chi connectivity index (χ1n) is 8.73. The van der Waals surface area contributed by atoms with E-state index in [4.69, 9.17) is 9.47 Å². The topological polar surface area (TPSA) is 56.6 Å². The maximum atomic E-state index is 13.0. The fourth-order valence-electron chi connectivity index (χ4n) is 3.32. The maximum Gasteiger partial charge on any atom is 0.274 e. The average molecular weight is 343 g/mol. The van der Waals surface area contributed by atoms with Crippen LogP contribution in [0.25, 0.3) is 5.69 Å². The number of amides is 1. The molecule has 0 atom stereocenters. The standard InChI is InChI=1S/C19H25N3O3/c1-24-14-13-21(15-5-3-4-6-15)19(23)18-11-12-22(20-18)16-7-9-17(25-2)10-8-16/h7-12,15H,3-6,13-14H2,1-2H3. The van der Waals surface area contributed by atoms with E-state index in [1.165, 1.54) is 12.8 Å². The van der Waals surface area contributed by atoms with Crippen LogP contribution < -0.4 is 4.74 Å². The van der Waals surface area contributed by atoms with Crippen molar-refractivity contribution in [1.82, 2.24) is 14.7 Å². The predicted molar refractivity (Wildman–Crippen MR) is 95.3 cm³/mol. The molecule has 0 unspecified atom stereocenters. The number of methoxy groups -OCH3 is 2. The van der Waals surface area contributed by atoms with Gasteiger partial charge in [0.25, 0.3) is 5.91 Å². The van der Waals surface area contributed by atoms with Crippen LogP contribution in [-0.4, -0.2) is 54.0 Å². The van der Waals surface area contributed by atoms with E-state index in [9.17, 15) is 4.79 Å². The van der Waals surface area contributed by atoms with Crippen LogP contribution >= 0.6 is 0 Å². The zero-order valence-corrected chi connectivity index (χ0v) is 14.9. The normalized spacial score (nSPS) is 14.6. The van der Waals surface area contributed by atoms with Crippen molar-refractivity contribution in [3.8, 4) is 11.4 Å². The fraction of sp³-hybridized carbons (Fsp3) is 0.474. The van der Waals surface area contributed by atoms with Gasteiger partial charge in [-0.05, 0) is 43.2 Å². The van der Waals surface area contributed by atoms with Crippen LogP contribution in [0.5, 0.6) is 5.75 Å². The quantitative estimate of drug-likeness (QED) is 0.776. The number of hydrogen-bond acceptors (Lipinski definition) is 4. The summed E-state index contributed by atoms with van der Waals surface area (Å²) in [7, 11) is 3.30. The molecule has 6 heteroatoms. The van der Waals surface area contributed by atoms with Crippen LogP contribution in [0.15, 0.2) is 36.5 Å². The molecule has 0 bridgehead atoms. The Hall–Kier alpha value is -2.34. The number of rotatable bonds is 7. The van der Waals surface area contributed by atoms with Gasteiger partial charge in [0.15, 0.2) is 5.69 Å². The van der Waals surface area contributed by atoms with Crippen molar-refractivity contribution in [3.63, 3.8) is 0 Å². The second kappa shape index (κ2) is 8.16. The molecule has 2 aromatic rings. The molecule has 1 heterocycles. The molecule has 6 nitrogen and oxygen atoms in total. The largest absolute Gasteiger partial charge is 0.497 e. The van der Waals surface area contributed by atoms with Crippen molar-refractivity contribution in [1.29, 1.82) is 0 Å². The minimum absolute atomic E-state index is 0.0174. The molecular formula is C19H25N3O3. The van der Waals surface area contributed by atoms with Gasteiger partial charge in [0, 0.05) is 25.9 Å². The summed E-state index contributed by atoms with van der Waals surface area (Å²) >= 11 is 0. The van der Waals surface area contributed by atoms with Crippen LogP contribution in [0.2, 0.25) is 0 Å². The third-order valence-electron chi connectivity index (χ3n) is 4.71. The monoisotopic (exact) mass is 343 g/mol. The number of carbonyl (C=O) groups is 1. The van der Waals surface area contributed by atoms with Crippen LogP contribution in [0, 0.1) is 0 Å². The molecule has 0 radical (unpaired) electrons. The maximum absolute atomic E-state index is 13.0. The van der Waals surface area contributed by atoms with Crippen LogP contribution in [0.3, 0.4) is 0 Å². The Balaban J connectivity index is 1.77. The summed E-state index contributed by atoms with van der Waals surface area (Å²) in [6.45, 7) is 1.15. The zero-order chi connectivity index (χ0) is 17.6. The van der Waals surface area contributed by atoms with Crippen molar-refractivity contribution in [2.24, 2.45) is 0 Å². The summed E-state index contributed by atoms with van der Waals surface area (Å²) in [5, 5.41) is 4.48. The SMILES string of the molecule is COCCN(C(=O)c1ccn(-c2ccc(OC)cc2)n1)C1CCCC1. The average Bonchev–Trinajstić information content (AvgIpc) is 3.34. The third kappa shape index (κ3) is 4.02. The summed E-state index contributed by atoms with van der Waals surface area (Å²) in [5.41, 5.74) is 1.36. The van der Waals surface area contributed by atoms with Crippen molar-refractivity contribution >= 4 is 5.91 Å². The Morgan fingerprint density at radius 1 is 1.20 bits per heavy atom. The summed E-state index contributed by atoms with van der Waals surface area (Å²) in [6, 6.07) is 9.67. The van der Waals surface area contributed by atoms with Gasteiger partial charge in [0.1, 0.15) is 5.75 Å². The molecule has 1 aliphatic rings. The number of nitrogens with zero attached hydrogens (tertiary/aromatic N) is 3. The molecule has 1 aliphatic carbocycles. The molecular weight excluding hydrogens is 318 g/mol. The number of hydrogen-bond donors (Lipinski definition) is 0. The first kappa shape index (κ1) is 17.5. The van der Waals surface area contributed by atoms with E-state index in [2.05, 4.69) is 5.10 Å². The van der Waals surface area contributed by atoms with Gasteiger partial charge in [0.2, 0.25) is 0 Å². The highest BCUT2D eigenvalue weighted by molar-refractivity contribution is 5.92. The first-order valence-corrected chi connectivity index (χ1v) is 8.73. The van der Waals surface area contributed by atoms with E-state index in [0.717, 1.165) is 24.3 Å². The van der Waals surface area contributed by atoms with Gasteiger partial charge >= 0.3 is 0 Å². The van der Waals surface area contributed by atoms with E-state index in [1.807, 2.05) is 35.4 Å². The Kier molecular flexibility index (Phi) is 5.71. The highest BCUT2D eigenvalue weighted by Crippen LogP contribution is 2.25. The van der Waals surface area contributed by atoms with Gasteiger partial charge in [-0.15, -0.1) is 0 Å². The highest BCUT2D eigenvalue weighted by Gasteiger charge is 2.28. The number of carbonyl (C=O) groups excluding carboxylic acids is 1. The minimum Gasteiger partial charge on any atom is -0.497 e. The Bertz CT molecular complexity index is 690. The number of aromatic nitrogens is 2.